The molecular formula is C16H23NOS. The number of ether oxygens (including phenoxy) is 1. The van der Waals surface area contributed by atoms with Gasteiger partial charge in [0.25, 0.3) is 0 Å². The van der Waals surface area contributed by atoms with Gasteiger partial charge in [0.2, 0.25) is 0 Å². The predicted molar refractivity (Wildman–Crippen MR) is 83.9 cm³/mol. The number of rotatable bonds is 4. The molecule has 1 unspecified atom stereocenters. The first-order valence-corrected chi connectivity index (χ1v) is 7.62. The summed E-state index contributed by atoms with van der Waals surface area (Å²) in [6, 6.07) is 8.74. The summed E-state index contributed by atoms with van der Waals surface area (Å²) < 4.78 is 5.20. The fraction of sp³-hybridized carbons (Fsp3) is 0.562. The zero-order valence-corrected chi connectivity index (χ0v) is 12.7. The second kappa shape index (κ2) is 6.90. The van der Waals surface area contributed by atoms with E-state index < -0.39 is 0 Å². The number of piperidine rings is 1. The van der Waals surface area contributed by atoms with Crippen LogP contribution in [0.25, 0.3) is 0 Å². The van der Waals surface area contributed by atoms with Crippen LogP contribution in [0.4, 0.5) is 0 Å². The highest BCUT2D eigenvalue weighted by molar-refractivity contribution is 7.80. The first kappa shape index (κ1) is 14.3. The van der Waals surface area contributed by atoms with Gasteiger partial charge in [0.15, 0.2) is 0 Å². The van der Waals surface area contributed by atoms with Crippen LogP contribution < -0.4 is 4.74 Å². The zero-order valence-electron chi connectivity index (χ0n) is 11.9. The van der Waals surface area contributed by atoms with Crippen LogP contribution in [0.1, 0.15) is 44.6 Å². The SMILES string of the molecule is CCCC1CCCCN1C(=S)c1ccc(OC)cc1. The number of hydrogen-bond acceptors (Lipinski definition) is 2. The number of nitrogens with zero attached hydrogens (tertiary/aromatic N) is 1. The van der Waals surface area contributed by atoms with Gasteiger partial charge in [0, 0.05) is 18.2 Å². The molecule has 0 N–H and O–H groups in total. The van der Waals surface area contributed by atoms with Crippen molar-refractivity contribution in [2.45, 2.75) is 45.1 Å². The lowest BCUT2D eigenvalue weighted by molar-refractivity contribution is 0.232. The van der Waals surface area contributed by atoms with Crippen LogP contribution in [0.2, 0.25) is 0 Å². The van der Waals surface area contributed by atoms with Crippen molar-refractivity contribution in [3.63, 3.8) is 0 Å². The third-order valence-corrected chi connectivity index (χ3v) is 4.32. The molecule has 1 fully saturated rings. The minimum absolute atomic E-state index is 0.633. The maximum absolute atomic E-state index is 5.70. The van der Waals surface area contributed by atoms with Gasteiger partial charge < -0.3 is 9.64 Å². The summed E-state index contributed by atoms with van der Waals surface area (Å²) in [6.07, 6.45) is 6.36. The van der Waals surface area contributed by atoms with E-state index >= 15 is 0 Å². The van der Waals surface area contributed by atoms with Gasteiger partial charge in [-0.25, -0.2) is 0 Å². The molecule has 1 aromatic carbocycles. The number of benzene rings is 1. The van der Waals surface area contributed by atoms with Crippen molar-refractivity contribution < 1.29 is 4.74 Å². The lowest BCUT2D eigenvalue weighted by atomic mass is 9.97. The monoisotopic (exact) mass is 277 g/mol. The molecule has 0 aliphatic carbocycles. The molecule has 1 heterocycles. The predicted octanol–water partition coefficient (Wildman–Crippen LogP) is 4.03. The van der Waals surface area contributed by atoms with Gasteiger partial charge >= 0.3 is 0 Å². The van der Waals surface area contributed by atoms with E-state index in [-0.39, 0.29) is 0 Å². The van der Waals surface area contributed by atoms with Crippen molar-refractivity contribution in [3.05, 3.63) is 29.8 Å². The molecule has 1 atom stereocenters. The number of likely N-dealkylation sites (tertiary alicyclic amines) is 1. The van der Waals surface area contributed by atoms with Crippen molar-refractivity contribution in [2.75, 3.05) is 13.7 Å². The molecular weight excluding hydrogens is 254 g/mol. The molecule has 3 heteroatoms. The summed E-state index contributed by atoms with van der Waals surface area (Å²) in [7, 11) is 1.69. The maximum atomic E-state index is 5.70. The van der Waals surface area contributed by atoms with Crippen molar-refractivity contribution in [1.82, 2.24) is 4.90 Å². The Labute approximate surface area is 121 Å². The molecule has 0 aromatic heterocycles. The zero-order chi connectivity index (χ0) is 13.7. The smallest absolute Gasteiger partial charge is 0.118 e. The van der Waals surface area contributed by atoms with Crippen LogP contribution >= 0.6 is 12.2 Å². The van der Waals surface area contributed by atoms with Gasteiger partial charge in [-0.3, -0.25) is 0 Å². The Bertz CT molecular complexity index is 413. The summed E-state index contributed by atoms with van der Waals surface area (Å²) in [4.78, 5) is 3.44. The van der Waals surface area contributed by atoms with Gasteiger partial charge in [-0.2, -0.15) is 0 Å². The molecule has 1 aliphatic heterocycles. The molecule has 2 nitrogen and oxygen atoms in total. The highest BCUT2D eigenvalue weighted by atomic mass is 32.1. The molecule has 0 radical (unpaired) electrons. The molecule has 19 heavy (non-hydrogen) atoms. The highest BCUT2D eigenvalue weighted by Gasteiger charge is 2.24. The molecule has 1 aromatic rings. The maximum Gasteiger partial charge on any atom is 0.118 e. The Morgan fingerprint density at radius 3 is 2.68 bits per heavy atom. The van der Waals surface area contributed by atoms with Crippen molar-refractivity contribution in [1.29, 1.82) is 0 Å². The van der Waals surface area contributed by atoms with Gasteiger partial charge in [0.05, 0.1) is 7.11 Å². The van der Waals surface area contributed by atoms with Gasteiger partial charge in [0.1, 0.15) is 10.7 Å². The lowest BCUT2D eigenvalue weighted by Gasteiger charge is -2.37. The molecule has 1 aliphatic rings. The van der Waals surface area contributed by atoms with E-state index in [1.165, 1.54) is 32.1 Å². The first-order valence-electron chi connectivity index (χ1n) is 7.21. The Kier molecular flexibility index (Phi) is 5.20. The van der Waals surface area contributed by atoms with Crippen molar-refractivity contribution >= 4 is 17.2 Å². The standard InChI is InChI=1S/C16H23NOS/c1-3-6-14-7-4-5-12-17(14)16(19)13-8-10-15(18-2)11-9-13/h8-11,14H,3-7,12H2,1-2H3. The Balaban J connectivity index is 2.11. The second-order valence-corrected chi connectivity index (χ2v) is 5.55. The molecule has 1 saturated heterocycles. The summed E-state index contributed by atoms with van der Waals surface area (Å²) >= 11 is 5.70. The van der Waals surface area contributed by atoms with Crippen LogP contribution in [0, 0.1) is 0 Å². The third-order valence-electron chi connectivity index (χ3n) is 3.85. The van der Waals surface area contributed by atoms with Gasteiger partial charge in [-0.1, -0.05) is 25.6 Å². The third kappa shape index (κ3) is 3.47. The molecule has 104 valence electrons. The molecule has 0 bridgehead atoms. The summed E-state index contributed by atoms with van der Waals surface area (Å²) in [5.41, 5.74) is 1.14. The highest BCUT2D eigenvalue weighted by Crippen LogP contribution is 2.24. The number of hydrogen-bond donors (Lipinski definition) is 0. The summed E-state index contributed by atoms with van der Waals surface area (Å²) in [5, 5.41) is 0. The van der Waals surface area contributed by atoms with Crippen LogP contribution in [0.5, 0.6) is 5.75 Å². The fourth-order valence-corrected chi connectivity index (χ4v) is 3.18. The van der Waals surface area contributed by atoms with Gasteiger partial charge in [-0.05, 0) is 49.9 Å². The Morgan fingerprint density at radius 2 is 2.05 bits per heavy atom. The molecule has 0 saturated carbocycles. The number of methoxy groups -OCH3 is 1. The number of thiocarbonyl (C=S) groups is 1. The lowest BCUT2D eigenvalue weighted by Crippen LogP contribution is -2.43. The van der Waals surface area contributed by atoms with Crippen LogP contribution in [-0.2, 0) is 0 Å². The Hall–Kier alpha value is -1.09. The summed E-state index contributed by atoms with van der Waals surface area (Å²) in [5.74, 6) is 0.885. The van der Waals surface area contributed by atoms with E-state index in [0.717, 1.165) is 22.8 Å². The molecule has 0 amide bonds. The molecule has 2 rings (SSSR count). The van der Waals surface area contributed by atoms with E-state index in [0.29, 0.717) is 6.04 Å². The van der Waals surface area contributed by atoms with E-state index in [1.54, 1.807) is 7.11 Å². The van der Waals surface area contributed by atoms with Crippen molar-refractivity contribution in [2.24, 2.45) is 0 Å². The van der Waals surface area contributed by atoms with Crippen molar-refractivity contribution in [3.8, 4) is 5.75 Å². The fourth-order valence-electron chi connectivity index (χ4n) is 2.80. The second-order valence-electron chi connectivity index (χ2n) is 5.17. The largest absolute Gasteiger partial charge is 0.497 e. The van der Waals surface area contributed by atoms with E-state index in [1.807, 2.05) is 12.1 Å². The average molecular weight is 277 g/mol. The first-order chi connectivity index (χ1) is 9.26. The minimum Gasteiger partial charge on any atom is -0.497 e. The quantitative estimate of drug-likeness (QED) is 0.771. The van der Waals surface area contributed by atoms with Crippen LogP contribution in [0.15, 0.2) is 24.3 Å². The Morgan fingerprint density at radius 1 is 1.32 bits per heavy atom. The van der Waals surface area contributed by atoms with E-state index in [9.17, 15) is 0 Å². The van der Waals surface area contributed by atoms with E-state index in [2.05, 4.69) is 24.0 Å². The van der Waals surface area contributed by atoms with E-state index in [4.69, 9.17) is 17.0 Å². The topological polar surface area (TPSA) is 12.5 Å². The summed E-state index contributed by atoms with van der Waals surface area (Å²) in [6.45, 7) is 3.36. The van der Waals surface area contributed by atoms with Crippen LogP contribution in [0.3, 0.4) is 0 Å². The normalized spacial score (nSPS) is 19.3. The minimum atomic E-state index is 0.633. The molecule has 0 spiro atoms. The average Bonchev–Trinajstić information content (AvgIpc) is 2.47. The van der Waals surface area contributed by atoms with Gasteiger partial charge in [-0.15, -0.1) is 0 Å². The van der Waals surface area contributed by atoms with Crippen LogP contribution in [-0.4, -0.2) is 29.6 Å².